The van der Waals surface area contributed by atoms with Crippen molar-refractivity contribution in [1.29, 1.82) is 0 Å². The number of aryl methyl sites for hydroxylation is 1. The van der Waals surface area contributed by atoms with Crippen LogP contribution in [0.1, 0.15) is 17.2 Å². The Bertz CT molecular complexity index is 564. The molecule has 0 aliphatic carbocycles. The van der Waals surface area contributed by atoms with Crippen molar-refractivity contribution in [3.8, 4) is 0 Å². The van der Waals surface area contributed by atoms with Gasteiger partial charge in [-0.3, -0.25) is 4.79 Å². The molecule has 3 N–H and O–H groups in total. The van der Waals surface area contributed by atoms with Crippen LogP contribution in [0.15, 0.2) is 48.5 Å². The predicted molar refractivity (Wildman–Crippen MR) is 73.1 cm³/mol. The quantitative estimate of drug-likeness (QED) is 0.889. The van der Waals surface area contributed by atoms with E-state index in [2.05, 4.69) is 5.32 Å². The number of benzene rings is 2. The zero-order valence-electron chi connectivity index (χ0n) is 10.6. The largest absolute Gasteiger partial charge is 0.322 e. The highest BCUT2D eigenvalue weighted by molar-refractivity contribution is 5.96. The van der Waals surface area contributed by atoms with Gasteiger partial charge in [-0.05, 0) is 24.1 Å². The number of rotatable bonds is 3. The van der Waals surface area contributed by atoms with Gasteiger partial charge < -0.3 is 11.1 Å². The van der Waals surface area contributed by atoms with Crippen molar-refractivity contribution in [3.05, 3.63) is 65.5 Å². The van der Waals surface area contributed by atoms with E-state index in [9.17, 15) is 9.18 Å². The normalized spacial score (nSPS) is 11.9. The van der Waals surface area contributed by atoms with Gasteiger partial charge in [0.2, 0.25) is 5.91 Å². The summed E-state index contributed by atoms with van der Waals surface area (Å²) in [7, 11) is 0. The molecule has 19 heavy (non-hydrogen) atoms. The third kappa shape index (κ3) is 2.98. The number of para-hydroxylation sites is 1. The number of carbonyl (C=O) groups excluding carboxylic acids is 1. The molecule has 0 radical (unpaired) electrons. The molecule has 0 aliphatic heterocycles. The van der Waals surface area contributed by atoms with Gasteiger partial charge in [0.05, 0.1) is 5.69 Å². The molecule has 0 aromatic heterocycles. The van der Waals surface area contributed by atoms with Crippen molar-refractivity contribution in [3.63, 3.8) is 0 Å². The average molecular weight is 258 g/mol. The molecular weight excluding hydrogens is 243 g/mol. The maximum absolute atomic E-state index is 13.6. The van der Waals surface area contributed by atoms with Crippen molar-refractivity contribution < 1.29 is 9.18 Å². The molecule has 1 amide bonds. The van der Waals surface area contributed by atoms with Crippen molar-refractivity contribution in [2.75, 3.05) is 5.32 Å². The van der Waals surface area contributed by atoms with Crippen LogP contribution in [-0.4, -0.2) is 5.91 Å². The SMILES string of the molecule is Cc1cccc(F)c1NC(=O)[C@@H](N)c1ccccc1. The van der Waals surface area contributed by atoms with Crippen LogP contribution in [0.4, 0.5) is 10.1 Å². The van der Waals surface area contributed by atoms with Crippen LogP contribution >= 0.6 is 0 Å². The molecule has 0 unspecified atom stereocenters. The molecule has 0 fully saturated rings. The standard InChI is InChI=1S/C15H15FN2O/c1-10-6-5-9-12(16)14(10)18-15(19)13(17)11-7-3-2-4-8-11/h2-9,13H,17H2,1H3,(H,18,19)/t13-/m0/s1. The van der Waals surface area contributed by atoms with Gasteiger partial charge in [0.15, 0.2) is 0 Å². The second-order valence-corrected chi connectivity index (χ2v) is 4.31. The fraction of sp³-hybridized carbons (Fsp3) is 0.133. The molecule has 2 aromatic rings. The lowest BCUT2D eigenvalue weighted by molar-refractivity contribution is -0.117. The number of hydrogen-bond donors (Lipinski definition) is 2. The van der Waals surface area contributed by atoms with Crippen LogP contribution < -0.4 is 11.1 Å². The number of halogens is 1. The number of nitrogens with one attached hydrogen (secondary N) is 1. The first-order valence-corrected chi connectivity index (χ1v) is 5.96. The summed E-state index contributed by atoms with van der Waals surface area (Å²) in [5.41, 5.74) is 7.38. The first-order valence-electron chi connectivity index (χ1n) is 5.96. The van der Waals surface area contributed by atoms with Crippen LogP contribution in [0, 0.1) is 12.7 Å². The zero-order chi connectivity index (χ0) is 13.8. The molecule has 2 rings (SSSR count). The fourth-order valence-electron chi connectivity index (χ4n) is 1.80. The van der Waals surface area contributed by atoms with Gasteiger partial charge in [-0.2, -0.15) is 0 Å². The smallest absolute Gasteiger partial charge is 0.245 e. The molecule has 98 valence electrons. The van der Waals surface area contributed by atoms with E-state index < -0.39 is 17.8 Å². The summed E-state index contributed by atoms with van der Waals surface area (Å²) in [5.74, 6) is -0.895. The van der Waals surface area contributed by atoms with Gasteiger partial charge in [0.25, 0.3) is 0 Å². The first kappa shape index (κ1) is 13.2. The highest BCUT2D eigenvalue weighted by atomic mass is 19.1. The number of nitrogens with two attached hydrogens (primary N) is 1. The zero-order valence-corrected chi connectivity index (χ0v) is 10.6. The van der Waals surface area contributed by atoms with E-state index >= 15 is 0 Å². The van der Waals surface area contributed by atoms with Crippen molar-refractivity contribution in [2.45, 2.75) is 13.0 Å². The van der Waals surface area contributed by atoms with E-state index in [0.717, 1.165) is 0 Å². The predicted octanol–water partition coefficient (Wildman–Crippen LogP) is 2.77. The number of amides is 1. The highest BCUT2D eigenvalue weighted by Gasteiger charge is 2.17. The molecule has 0 bridgehead atoms. The van der Waals surface area contributed by atoms with Crippen molar-refractivity contribution >= 4 is 11.6 Å². The summed E-state index contributed by atoms with van der Waals surface area (Å²) in [6.07, 6.45) is 0. The maximum Gasteiger partial charge on any atom is 0.245 e. The number of anilines is 1. The lowest BCUT2D eigenvalue weighted by Crippen LogP contribution is -2.28. The summed E-state index contributed by atoms with van der Waals surface area (Å²) in [4.78, 5) is 12.0. The molecule has 3 nitrogen and oxygen atoms in total. The van der Waals surface area contributed by atoms with E-state index in [-0.39, 0.29) is 5.69 Å². The molecule has 0 heterocycles. The molecule has 0 aliphatic rings. The Morgan fingerprint density at radius 3 is 2.47 bits per heavy atom. The molecule has 1 atom stereocenters. The van der Waals surface area contributed by atoms with Gasteiger partial charge in [-0.25, -0.2) is 4.39 Å². The van der Waals surface area contributed by atoms with Gasteiger partial charge in [-0.15, -0.1) is 0 Å². The van der Waals surface area contributed by atoms with E-state index in [1.807, 2.05) is 6.07 Å². The highest BCUT2D eigenvalue weighted by Crippen LogP contribution is 2.20. The summed E-state index contributed by atoms with van der Waals surface area (Å²) in [5, 5.41) is 2.54. The summed E-state index contributed by atoms with van der Waals surface area (Å²) >= 11 is 0. The monoisotopic (exact) mass is 258 g/mol. The lowest BCUT2D eigenvalue weighted by Gasteiger charge is -2.14. The van der Waals surface area contributed by atoms with E-state index in [4.69, 9.17) is 5.73 Å². The molecule has 2 aromatic carbocycles. The molecule has 0 spiro atoms. The molecule has 4 heteroatoms. The van der Waals surface area contributed by atoms with Crippen LogP contribution in [0.2, 0.25) is 0 Å². The maximum atomic E-state index is 13.6. The number of hydrogen-bond acceptors (Lipinski definition) is 2. The Labute approximate surface area is 111 Å². The fourth-order valence-corrected chi connectivity index (χ4v) is 1.80. The summed E-state index contributed by atoms with van der Waals surface area (Å²) < 4.78 is 13.6. The van der Waals surface area contributed by atoms with E-state index in [1.165, 1.54) is 6.07 Å². The van der Waals surface area contributed by atoms with Crippen LogP contribution in [0.25, 0.3) is 0 Å². The van der Waals surface area contributed by atoms with Gasteiger partial charge in [0, 0.05) is 0 Å². The van der Waals surface area contributed by atoms with Gasteiger partial charge in [-0.1, -0.05) is 42.5 Å². The third-order valence-corrected chi connectivity index (χ3v) is 2.91. The Kier molecular flexibility index (Phi) is 3.92. The van der Waals surface area contributed by atoms with Crippen molar-refractivity contribution in [2.24, 2.45) is 5.73 Å². The Hall–Kier alpha value is -2.20. The van der Waals surface area contributed by atoms with E-state index in [1.54, 1.807) is 43.3 Å². The second kappa shape index (κ2) is 5.63. The number of carbonyl (C=O) groups is 1. The lowest BCUT2D eigenvalue weighted by atomic mass is 10.1. The van der Waals surface area contributed by atoms with Crippen LogP contribution in [0.5, 0.6) is 0 Å². The van der Waals surface area contributed by atoms with E-state index in [0.29, 0.717) is 11.1 Å². The Morgan fingerprint density at radius 1 is 1.16 bits per heavy atom. The summed E-state index contributed by atoms with van der Waals surface area (Å²) in [6, 6.07) is 12.8. The van der Waals surface area contributed by atoms with Gasteiger partial charge in [0.1, 0.15) is 11.9 Å². The van der Waals surface area contributed by atoms with Gasteiger partial charge >= 0.3 is 0 Å². The summed E-state index contributed by atoms with van der Waals surface area (Å²) in [6.45, 7) is 1.73. The Morgan fingerprint density at radius 2 is 1.84 bits per heavy atom. The molecule has 0 saturated heterocycles. The average Bonchev–Trinajstić information content (AvgIpc) is 2.43. The first-order chi connectivity index (χ1) is 9.09. The van der Waals surface area contributed by atoms with Crippen LogP contribution in [0.3, 0.4) is 0 Å². The minimum Gasteiger partial charge on any atom is -0.322 e. The topological polar surface area (TPSA) is 55.1 Å². The minimum atomic E-state index is -0.819. The third-order valence-electron chi connectivity index (χ3n) is 2.91. The Balaban J connectivity index is 2.18. The molecule has 0 saturated carbocycles. The van der Waals surface area contributed by atoms with Crippen LogP contribution in [-0.2, 0) is 4.79 Å². The second-order valence-electron chi connectivity index (χ2n) is 4.31. The minimum absolute atomic E-state index is 0.180. The molecular formula is C15H15FN2O. The van der Waals surface area contributed by atoms with Crippen molar-refractivity contribution in [1.82, 2.24) is 0 Å².